The van der Waals surface area contributed by atoms with Gasteiger partial charge in [-0.2, -0.15) is 0 Å². The quantitative estimate of drug-likeness (QED) is 0.113. The second kappa shape index (κ2) is 33.0. The van der Waals surface area contributed by atoms with Gasteiger partial charge in [-0.05, 0) is 183 Å². The lowest BCUT2D eigenvalue weighted by atomic mass is 9.34. The number of benzene rings is 14. The number of halogens is 1. The van der Waals surface area contributed by atoms with Crippen LogP contribution in [0.5, 0.6) is 23.0 Å². The molecule has 0 bridgehead atoms. The third kappa shape index (κ3) is 14.1. The van der Waals surface area contributed by atoms with Gasteiger partial charge in [0.05, 0.1) is 22.7 Å². The van der Waals surface area contributed by atoms with Crippen LogP contribution in [0.4, 0.5) is 28.4 Å². The number of anilines is 5. The molecule has 14 aromatic rings. The highest BCUT2D eigenvalue weighted by Gasteiger charge is 2.53. The van der Waals surface area contributed by atoms with Crippen LogP contribution in [0, 0.1) is 0 Å². The van der Waals surface area contributed by atoms with Crippen LogP contribution in [0.15, 0.2) is 328 Å². The zero-order valence-electron chi connectivity index (χ0n) is 66.6. The number of hydrogen-bond acceptors (Lipinski definition) is 5. The molecule has 4 aliphatic rings. The van der Waals surface area contributed by atoms with E-state index in [-0.39, 0.29) is 27.0 Å². The van der Waals surface area contributed by atoms with Crippen LogP contribution in [-0.4, -0.2) is 29.6 Å². The minimum atomic E-state index is -2.90. The van der Waals surface area contributed by atoms with Gasteiger partial charge in [0.25, 0.3) is 0 Å². The van der Waals surface area contributed by atoms with E-state index >= 15 is 0 Å². The monoisotopic (exact) mass is 1530 g/mol. The number of nitrogens with zero attached hydrogens (tertiary/aromatic N) is 1. The van der Waals surface area contributed by atoms with Crippen LogP contribution < -0.4 is 100 Å². The van der Waals surface area contributed by atoms with E-state index in [0.717, 1.165) is 56.5 Å². The molecule has 0 radical (unpaired) electrons. The number of para-hydroxylation sites is 8. The molecule has 0 fully saturated rings. The second-order valence-electron chi connectivity index (χ2n) is 32.3. The molecule has 4 heterocycles. The highest BCUT2D eigenvalue weighted by molar-refractivity contribution is 7.27. The molecule has 113 heavy (non-hydrogen) atoms. The van der Waals surface area contributed by atoms with E-state index in [0.29, 0.717) is 35.5 Å². The molecule has 4 N–H and O–H groups in total. The summed E-state index contributed by atoms with van der Waals surface area (Å²) >= 11 is 6.94. The van der Waals surface area contributed by atoms with Crippen molar-refractivity contribution in [1.82, 2.24) is 6.15 Å². The average Bonchev–Trinajstić information content (AvgIpc) is 0.693. The molecule has 18 rings (SSSR count). The molecule has 0 unspecified atom stereocenters. The lowest BCUT2D eigenvalue weighted by Crippen LogP contribution is -2.86. The molecule has 10 heteroatoms. The lowest BCUT2D eigenvalue weighted by Gasteiger charge is -2.44. The predicted molar refractivity (Wildman–Crippen MR) is 495 cm³/mol. The molecular formula is C103H104B2ClN3O2Si2. The normalized spacial score (nSPS) is 13.5. The van der Waals surface area contributed by atoms with Gasteiger partial charge >= 0.3 is 0 Å². The Hall–Kier alpha value is -10.9. The fourth-order valence-corrected chi connectivity index (χ4v) is 29.2. The van der Waals surface area contributed by atoms with E-state index in [1.165, 1.54) is 108 Å². The van der Waals surface area contributed by atoms with Gasteiger partial charge in [0, 0.05) is 10.7 Å². The van der Waals surface area contributed by atoms with Gasteiger partial charge in [-0.3, -0.25) is 0 Å². The molecule has 0 saturated heterocycles. The Bertz CT molecular complexity index is 5460. The smallest absolute Gasteiger partial charge is 0.241 e. The number of fused-ring (bicyclic) bond motifs is 8. The lowest BCUT2D eigenvalue weighted by molar-refractivity contribution is 0.477. The Labute approximate surface area is 679 Å². The maximum Gasteiger partial charge on any atom is 0.241 e. The summed E-state index contributed by atoms with van der Waals surface area (Å²) in [5.74, 6) is 5.98. The van der Waals surface area contributed by atoms with Crippen LogP contribution in [0.1, 0.15) is 159 Å². The van der Waals surface area contributed by atoms with E-state index in [1.807, 2.05) is 48.5 Å². The predicted octanol–water partition coefficient (Wildman–Crippen LogP) is 19.1. The van der Waals surface area contributed by atoms with Gasteiger partial charge in [-0.15, -0.1) is 0 Å². The first-order valence-electron chi connectivity index (χ1n) is 40.0. The van der Waals surface area contributed by atoms with E-state index in [9.17, 15) is 0 Å². The van der Waals surface area contributed by atoms with Crippen molar-refractivity contribution in [3.63, 3.8) is 0 Å². The maximum atomic E-state index is 6.94. The van der Waals surface area contributed by atoms with E-state index in [2.05, 4.69) is 372 Å². The van der Waals surface area contributed by atoms with Crippen LogP contribution in [0.2, 0.25) is 5.02 Å². The van der Waals surface area contributed by atoms with Crippen molar-refractivity contribution >= 4 is 144 Å². The Balaban J connectivity index is 0.000000160. The summed E-state index contributed by atoms with van der Waals surface area (Å²) in [5, 5.41) is 15.5. The third-order valence-electron chi connectivity index (χ3n) is 23.5. The first kappa shape index (κ1) is 78.8. The van der Waals surface area contributed by atoms with Crippen molar-refractivity contribution in [1.29, 1.82) is 0 Å². The number of ether oxygens (including phenoxy) is 2. The summed E-state index contributed by atoms with van der Waals surface area (Å²) in [5.41, 5.74) is 22.7. The van der Waals surface area contributed by atoms with Crippen molar-refractivity contribution in [2.24, 2.45) is 0 Å². The molecule has 0 spiro atoms. The molecule has 0 amide bonds. The van der Waals surface area contributed by atoms with Gasteiger partial charge in [0.1, 0.15) is 0 Å². The highest BCUT2D eigenvalue weighted by Crippen LogP contribution is 2.50. The van der Waals surface area contributed by atoms with Crippen LogP contribution in [-0.2, 0) is 0 Å². The fraction of sp³-hybridized carbons (Fsp3) is 0.184. The third-order valence-corrected chi connectivity index (χ3v) is 33.6. The summed E-state index contributed by atoms with van der Waals surface area (Å²) in [6.07, 6.45) is 0. The van der Waals surface area contributed by atoms with Gasteiger partial charge in [-0.1, -0.05) is 390 Å². The van der Waals surface area contributed by atoms with Crippen LogP contribution >= 0.6 is 11.6 Å². The highest BCUT2D eigenvalue weighted by atomic mass is 35.5. The molecule has 4 aliphatic heterocycles. The summed E-state index contributed by atoms with van der Waals surface area (Å²) in [6.45, 7) is 28.5. The molecule has 0 saturated carbocycles. The Morgan fingerprint density at radius 2 is 0.602 bits per heavy atom. The van der Waals surface area contributed by atoms with Gasteiger partial charge in [0.2, 0.25) is 13.4 Å². The summed E-state index contributed by atoms with van der Waals surface area (Å²) in [7, 11) is -5.59. The average molecular weight is 1530 g/mol. The fourth-order valence-electron chi connectivity index (χ4n) is 18.4. The minimum absolute atomic E-state index is 0. The molecule has 5 nitrogen and oxygen atoms in total. The van der Waals surface area contributed by atoms with Crippen LogP contribution in [0.25, 0.3) is 0 Å². The Morgan fingerprint density at radius 1 is 0.301 bits per heavy atom. The van der Waals surface area contributed by atoms with Crippen molar-refractivity contribution < 1.29 is 9.47 Å². The van der Waals surface area contributed by atoms with E-state index in [1.54, 1.807) is 0 Å². The maximum absolute atomic E-state index is 6.94. The molecular weight excluding hydrogens is 1420 g/mol. The Kier molecular flexibility index (Phi) is 23.0. The molecule has 14 aromatic carbocycles. The van der Waals surface area contributed by atoms with Gasteiger partial charge < -0.3 is 25.8 Å². The molecule has 564 valence electrons. The zero-order chi connectivity index (χ0) is 76.8. The largest absolute Gasteiger partial charge is 0.453 e. The number of nitrogens with one attached hydrogen (secondary N) is 1. The number of rotatable bonds is 13. The van der Waals surface area contributed by atoms with Crippen LogP contribution in [0.3, 0.4) is 0 Å². The van der Waals surface area contributed by atoms with E-state index < -0.39 is 16.1 Å². The van der Waals surface area contributed by atoms with Crippen molar-refractivity contribution in [3.05, 3.63) is 366 Å². The SMILES string of the molecule is C.CC(C)c1cc(C(C)C)c(B2c3ccccc3[Si](c3ccccc3)(c3ccccc3)c3cc(Cl)ccc32)c(C(C)C)c1.CC(C)c1cc(C(C)C)c(B2c3ccccc3[Si](c3ccccc3)(c3ccccc3)c3cc(N4c5ccccc5Oc5ccccc54)ccc32)c(C(C)C)c1.N.c1ccc2c(c1)Nc1ccccc1O2. The van der Waals surface area contributed by atoms with Crippen molar-refractivity contribution in [3.8, 4) is 23.0 Å². The first-order chi connectivity index (χ1) is 54.0. The molecule has 0 atom stereocenters. The summed E-state index contributed by atoms with van der Waals surface area (Å²) < 4.78 is 12.2. The standard InChI is InChI=1S/C51H48BNOSi.C39H40BClSi.C12H9NO.CH4.H3N/c1-34(2)37-31-41(35(3)4)51(42(32-37)36(5)6)52-43-23-13-18-28-49(43)55(39-19-9-7-10-20-39,40-21-11-8-12-22-40)50-33-38(29-30-44(50)52)53-45-24-14-16-26-47(45)54-48-27-17-15-25-46(48)53;1-26(2)29-23-33(27(3)4)39(34(24-29)28(5)6)40-35-19-13-14-20-37(35)42(31-15-9-7-10-16-31,32-17-11-8-12-18-32)38-25-30(41)21-22-36(38)40;1-3-7-11-9(5-1)13-10-6-2-4-8-12(10)14-11;;/h7-36H,1-6H3;7-28H,1-6H3;1-8,13H;1H4;1H3. The van der Waals surface area contributed by atoms with E-state index in [4.69, 9.17) is 21.1 Å². The zero-order valence-corrected chi connectivity index (χ0v) is 69.4. The molecule has 0 aliphatic carbocycles. The minimum Gasteiger partial charge on any atom is -0.453 e. The van der Waals surface area contributed by atoms with Crippen molar-refractivity contribution in [2.75, 3.05) is 10.2 Å². The van der Waals surface area contributed by atoms with Gasteiger partial charge in [0.15, 0.2) is 39.1 Å². The van der Waals surface area contributed by atoms with Gasteiger partial charge in [-0.25, -0.2) is 0 Å². The molecule has 0 aromatic heterocycles. The summed E-state index contributed by atoms with van der Waals surface area (Å²) in [4.78, 5) is 2.41. The Morgan fingerprint density at radius 3 is 0.973 bits per heavy atom. The topological polar surface area (TPSA) is 68.7 Å². The second-order valence-corrected chi connectivity index (χ2v) is 40.2. The first-order valence-corrected chi connectivity index (χ1v) is 44.3. The number of hydrogen-bond donors (Lipinski definition) is 2. The van der Waals surface area contributed by atoms with Crippen molar-refractivity contribution in [2.45, 2.75) is 126 Å². The summed E-state index contributed by atoms with van der Waals surface area (Å²) in [6, 6.07) is 121.